The Morgan fingerprint density at radius 1 is 1.00 bits per heavy atom. The van der Waals surface area contributed by atoms with Crippen LogP contribution in [0.3, 0.4) is 0 Å². The topological polar surface area (TPSA) is 0 Å². The van der Waals surface area contributed by atoms with Crippen molar-refractivity contribution in [1.82, 2.24) is 0 Å². The van der Waals surface area contributed by atoms with Gasteiger partial charge in [0.25, 0.3) is 0 Å². The zero-order valence-electron chi connectivity index (χ0n) is 2.62. The first-order valence-electron chi connectivity index (χ1n) is 1.13. The summed E-state index contributed by atoms with van der Waals surface area (Å²) in [7, 11) is 0. The molecule has 0 rings (SSSR count). The van der Waals surface area contributed by atoms with Crippen LogP contribution in [-0.2, 0) is 16.5 Å². The minimum atomic E-state index is 0. The quantitative estimate of drug-likeness (QED) is 0.404. The Kier molecular flexibility index (Phi) is 17.0. The molecule has 0 amide bonds. The molecule has 0 atom stereocenters. The van der Waals surface area contributed by atoms with E-state index in [0.717, 1.165) is 11.5 Å². The Balaban J connectivity index is 0. The van der Waals surface area contributed by atoms with E-state index in [0.29, 0.717) is 0 Å². The van der Waals surface area contributed by atoms with Gasteiger partial charge in [-0.3, -0.25) is 0 Å². The maximum atomic E-state index is 3.84. The van der Waals surface area contributed by atoms with E-state index in [4.69, 9.17) is 0 Å². The van der Waals surface area contributed by atoms with Gasteiger partial charge in [0.15, 0.2) is 0 Å². The van der Waals surface area contributed by atoms with Crippen molar-refractivity contribution >= 4 is 25.3 Å². The average Bonchev–Trinajstić information content (AvgIpc) is 1.37. The van der Waals surface area contributed by atoms with E-state index in [2.05, 4.69) is 25.3 Å². The molecule has 0 radical (unpaired) electrons. The molecular weight excluding hydrogens is 147 g/mol. The second-order valence-corrected chi connectivity index (χ2v) is 1.34. The SMILES string of the molecule is SCCS.[Ni+2]. The summed E-state index contributed by atoms with van der Waals surface area (Å²) in [6, 6.07) is 0. The summed E-state index contributed by atoms with van der Waals surface area (Å²) >= 11 is 7.69. The van der Waals surface area contributed by atoms with E-state index >= 15 is 0 Å². The predicted molar refractivity (Wildman–Crippen MR) is 27.7 cm³/mol. The third-order valence-corrected chi connectivity index (χ3v) is 0.900. The van der Waals surface area contributed by atoms with Crippen LogP contribution >= 0.6 is 25.3 Å². The number of thiol groups is 2. The molecule has 3 heteroatoms. The Morgan fingerprint density at radius 2 is 1.20 bits per heavy atom. The van der Waals surface area contributed by atoms with E-state index in [1.807, 2.05) is 0 Å². The van der Waals surface area contributed by atoms with Gasteiger partial charge in [-0.1, -0.05) is 0 Å². The van der Waals surface area contributed by atoms with Crippen molar-refractivity contribution in [1.29, 1.82) is 0 Å². The summed E-state index contributed by atoms with van der Waals surface area (Å²) in [5, 5.41) is 0. The molecule has 0 aromatic rings. The molecule has 0 fully saturated rings. The van der Waals surface area contributed by atoms with Crippen molar-refractivity contribution in [3.05, 3.63) is 0 Å². The van der Waals surface area contributed by atoms with Crippen LogP contribution < -0.4 is 0 Å². The average molecular weight is 153 g/mol. The molecule has 0 aliphatic carbocycles. The van der Waals surface area contributed by atoms with E-state index in [1.54, 1.807) is 0 Å². The monoisotopic (exact) mass is 152 g/mol. The Labute approximate surface area is 53.5 Å². The molecule has 0 heterocycles. The molecule has 0 nitrogen and oxygen atoms in total. The second-order valence-electron chi connectivity index (χ2n) is 0.447. The first-order valence-corrected chi connectivity index (χ1v) is 2.40. The van der Waals surface area contributed by atoms with Crippen molar-refractivity contribution in [2.24, 2.45) is 0 Å². The van der Waals surface area contributed by atoms with Crippen LogP contribution in [0.15, 0.2) is 0 Å². The number of hydrogen-bond acceptors (Lipinski definition) is 2. The van der Waals surface area contributed by atoms with Gasteiger partial charge in [0.1, 0.15) is 0 Å². The fourth-order valence-corrected chi connectivity index (χ4v) is 0. The summed E-state index contributed by atoms with van der Waals surface area (Å²) in [5.74, 6) is 1.76. The van der Waals surface area contributed by atoms with Crippen LogP contribution in [0.25, 0.3) is 0 Å². The number of rotatable bonds is 1. The van der Waals surface area contributed by atoms with Gasteiger partial charge in [0.2, 0.25) is 0 Å². The van der Waals surface area contributed by atoms with Crippen LogP contribution in [0.4, 0.5) is 0 Å². The molecule has 0 aliphatic heterocycles. The molecule has 0 bridgehead atoms. The Morgan fingerprint density at radius 3 is 1.20 bits per heavy atom. The first-order chi connectivity index (χ1) is 1.91. The van der Waals surface area contributed by atoms with Gasteiger partial charge in [-0.15, -0.1) is 0 Å². The van der Waals surface area contributed by atoms with Crippen LogP contribution in [0.1, 0.15) is 0 Å². The van der Waals surface area contributed by atoms with E-state index < -0.39 is 0 Å². The fourth-order valence-electron chi connectivity index (χ4n) is 0. The van der Waals surface area contributed by atoms with Gasteiger partial charge in [-0.2, -0.15) is 25.3 Å². The molecule has 34 valence electrons. The van der Waals surface area contributed by atoms with Crippen molar-refractivity contribution in [3.8, 4) is 0 Å². The van der Waals surface area contributed by atoms with Crippen LogP contribution in [0.5, 0.6) is 0 Å². The maximum Gasteiger partial charge on any atom is 2.00 e. The summed E-state index contributed by atoms with van der Waals surface area (Å²) in [6.07, 6.45) is 0. The summed E-state index contributed by atoms with van der Waals surface area (Å²) < 4.78 is 0. The zero-order valence-corrected chi connectivity index (χ0v) is 5.40. The molecular formula is C2H6NiS2+2. The standard InChI is InChI=1S/C2H6S2.Ni/c3-1-2-4;/h3-4H,1-2H2;/q;+2. The molecule has 0 unspecified atom stereocenters. The van der Waals surface area contributed by atoms with Gasteiger partial charge in [0.05, 0.1) is 0 Å². The Bertz CT molecular complexity index is 9.61. The van der Waals surface area contributed by atoms with Crippen molar-refractivity contribution in [2.75, 3.05) is 11.5 Å². The van der Waals surface area contributed by atoms with Gasteiger partial charge in [-0.05, 0) is 11.5 Å². The molecule has 5 heavy (non-hydrogen) atoms. The predicted octanol–water partition coefficient (Wildman–Crippen LogP) is 0.843. The third kappa shape index (κ3) is 11.0. The molecule has 0 spiro atoms. The summed E-state index contributed by atoms with van der Waals surface area (Å²) in [6.45, 7) is 0. The molecule has 0 aromatic carbocycles. The zero-order chi connectivity index (χ0) is 3.41. The van der Waals surface area contributed by atoms with Gasteiger partial charge in [-0.25, -0.2) is 0 Å². The van der Waals surface area contributed by atoms with E-state index in [1.165, 1.54) is 0 Å². The smallest absolute Gasteiger partial charge is 0.179 e. The molecule has 0 saturated carbocycles. The normalized spacial score (nSPS) is 6.00. The Hall–Kier alpha value is 1.19. The van der Waals surface area contributed by atoms with Crippen molar-refractivity contribution in [3.63, 3.8) is 0 Å². The molecule has 0 aliphatic rings. The molecule has 0 saturated heterocycles. The molecule has 0 N–H and O–H groups in total. The molecule has 0 aromatic heterocycles. The van der Waals surface area contributed by atoms with Crippen molar-refractivity contribution in [2.45, 2.75) is 0 Å². The van der Waals surface area contributed by atoms with Gasteiger partial charge in [0, 0.05) is 0 Å². The third-order valence-electron chi connectivity index (χ3n) is 0.1000. The van der Waals surface area contributed by atoms with Crippen LogP contribution in [0.2, 0.25) is 0 Å². The first kappa shape index (κ1) is 9.50. The van der Waals surface area contributed by atoms with Crippen LogP contribution in [0, 0.1) is 0 Å². The fraction of sp³-hybridized carbons (Fsp3) is 1.00. The maximum absolute atomic E-state index is 3.84. The van der Waals surface area contributed by atoms with Crippen molar-refractivity contribution < 1.29 is 16.5 Å². The summed E-state index contributed by atoms with van der Waals surface area (Å²) in [5.41, 5.74) is 0. The van der Waals surface area contributed by atoms with Gasteiger partial charge < -0.3 is 0 Å². The minimum Gasteiger partial charge on any atom is -0.179 e. The number of hydrogen-bond donors (Lipinski definition) is 2. The van der Waals surface area contributed by atoms with E-state index in [9.17, 15) is 0 Å². The van der Waals surface area contributed by atoms with Crippen LogP contribution in [-0.4, -0.2) is 11.5 Å². The van der Waals surface area contributed by atoms with E-state index in [-0.39, 0.29) is 16.5 Å². The minimum absolute atomic E-state index is 0. The van der Waals surface area contributed by atoms with Gasteiger partial charge >= 0.3 is 16.5 Å². The summed E-state index contributed by atoms with van der Waals surface area (Å²) in [4.78, 5) is 0. The second kappa shape index (κ2) is 8.96. The largest absolute Gasteiger partial charge is 2.00 e.